The summed E-state index contributed by atoms with van der Waals surface area (Å²) < 4.78 is 3.43. The normalized spacial score (nSPS) is 16.9. The lowest BCUT2D eigenvalue weighted by molar-refractivity contribution is -0.887. The number of rotatable bonds is 19. The first-order valence-electron chi connectivity index (χ1n) is 23.2. The summed E-state index contributed by atoms with van der Waals surface area (Å²) >= 11 is 0. The van der Waals surface area contributed by atoms with Crippen molar-refractivity contribution in [1.29, 1.82) is 0 Å². The summed E-state index contributed by atoms with van der Waals surface area (Å²) in [7, 11) is 15.7. The summed E-state index contributed by atoms with van der Waals surface area (Å²) in [5.74, 6) is 2.40. The lowest BCUT2D eigenvalue weighted by atomic mass is 9.80. The maximum absolute atomic E-state index is 2.41. The molecule has 2 aliphatic heterocycles. The van der Waals surface area contributed by atoms with Crippen molar-refractivity contribution in [3.8, 4) is 16.8 Å². The van der Waals surface area contributed by atoms with Gasteiger partial charge in [-0.1, -0.05) is 102 Å². The third kappa shape index (κ3) is 11.7. The van der Waals surface area contributed by atoms with Crippen LogP contribution in [0.4, 0.5) is 17.1 Å². The topological polar surface area (TPSA) is 31.4 Å². The Labute approximate surface area is 388 Å². The summed E-state index contributed by atoms with van der Waals surface area (Å²) in [5.41, 5.74) is 14.5. The molecule has 2 aliphatic rings. The summed E-state index contributed by atoms with van der Waals surface area (Å²) in [6.07, 6.45) is 12.5. The van der Waals surface area contributed by atoms with Crippen LogP contribution in [-0.2, 0) is 10.8 Å². The molecule has 0 saturated heterocycles. The van der Waals surface area contributed by atoms with Crippen LogP contribution in [0.1, 0.15) is 69.3 Å². The minimum atomic E-state index is -0.0130. The molecule has 6 nitrogen and oxygen atoms in total. The van der Waals surface area contributed by atoms with Gasteiger partial charge in [0, 0.05) is 80.7 Å². The number of aromatic nitrogens is 1. The van der Waals surface area contributed by atoms with Gasteiger partial charge in [0.2, 0.25) is 5.69 Å². The van der Waals surface area contributed by atoms with Gasteiger partial charge in [0.1, 0.15) is 5.69 Å². The fraction of sp³-hybridized carbons (Fsp3) is 0.400. The van der Waals surface area contributed by atoms with Crippen molar-refractivity contribution >= 4 is 44.2 Å². The van der Waals surface area contributed by atoms with Gasteiger partial charge in [0.05, 0.1) is 70.4 Å². The molecular weight excluding hydrogens is 809 g/mol. The van der Waals surface area contributed by atoms with Crippen LogP contribution in [0.3, 0.4) is 0 Å². The van der Waals surface area contributed by atoms with E-state index in [1.807, 2.05) is 0 Å². The van der Waals surface area contributed by atoms with Crippen LogP contribution in [-0.4, -0.2) is 90.5 Å². The minimum absolute atomic E-state index is 0.0130. The van der Waals surface area contributed by atoms with Crippen LogP contribution in [0.5, 0.6) is 0 Å². The van der Waals surface area contributed by atoms with Crippen molar-refractivity contribution in [2.75, 3.05) is 95.8 Å². The quantitative estimate of drug-likeness (QED) is 0.0285. The van der Waals surface area contributed by atoms with Crippen LogP contribution in [0.15, 0.2) is 134 Å². The highest BCUT2D eigenvalue weighted by Gasteiger charge is 2.43. The lowest BCUT2D eigenvalue weighted by Gasteiger charge is -2.30. The molecule has 332 valence electrons. The molecule has 3 N–H and O–H groups in total. The first kappa shape index (κ1) is 46.7. The van der Waals surface area contributed by atoms with E-state index in [2.05, 4.69) is 238 Å². The molecule has 0 fully saturated rings. The third-order valence-corrected chi connectivity index (χ3v) is 16.0. The highest BCUT2D eigenvalue weighted by molar-refractivity contribution is 8.76. The highest BCUT2D eigenvalue weighted by atomic mass is 33.1. The van der Waals surface area contributed by atoms with Crippen molar-refractivity contribution in [2.24, 2.45) is 0 Å². The Morgan fingerprint density at radius 3 is 2.06 bits per heavy atom. The molecule has 3 heterocycles. The van der Waals surface area contributed by atoms with Gasteiger partial charge in [-0.3, -0.25) is 5.32 Å². The predicted molar refractivity (Wildman–Crippen MR) is 274 cm³/mol. The molecule has 1 aromatic heterocycles. The van der Waals surface area contributed by atoms with Gasteiger partial charge in [-0.25, -0.2) is 0 Å². The maximum Gasteiger partial charge on any atom is 0.215 e. The maximum atomic E-state index is 2.41. The summed E-state index contributed by atoms with van der Waals surface area (Å²) in [5, 5.41) is 2.26. The van der Waals surface area contributed by atoms with Crippen LogP contribution < -0.4 is 24.6 Å². The Morgan fingerprint density at radius 2 is 1.33 bits per heavy atom. The van der Waals surface area contributed by atoms with E-state index >= 15 is 0 Å². The molecule has 0 saturated carbocycles. The minimum Gasteiger partial charge on any atom is -0.374 e. The van der Waals surface area contributed by atoms with Gasteiger partial charge < -0.3 is 19.2 Å². The van der Waals surface area contributed by atoms with Gasteiger partial charge >= 0.3 is 0 Å². The number of nitrogens with two attached hydrogens (primary N) is 1. The third-order valence-electron chi connectivity index (χ3n) is 13.6. The second-order valence-electron chi connectivity index (χ2n) is 19.8. The Morgan fingerprint density at radius 1 is 0.698 bits per heavy atom. The van der Waals surface area contributed by atoms with E-state index < -0.39 is 0 Å². The molecule has 5 aromatic rings. The molecule has 4 aromatic carbocycles. The van der Waals surface area contributed by atoms with Crippen molar-refractivity contribution in [1.82, 2.24) is 0 Å². The predicted octanol–water partition coefficient (Wildman–Crippen LogP) is 9.07. The number of benzene rings is 4. The second-order valence-corrected chi connectivity index (χ2v) is 22.5. The van der Waals surface area contributed by atoms with Gasteiger partial charge in [-0.15, -0.1) is 0 Å². The van der Waals surface area contributed by atoms with Crippen molar-refractivity contribution in [3.63, 3.8) is 0 Å². The number of hydrogen-bond donors (Lipinski definition) is 2. The number of nitrogens with one attached hydrogen (secondary N) is 1. The van der Waals surface area contributed by atoms with E-state index in [0.717, 1.165) is 24.0 Å². The molecule has 1 atom stereocenters. The van der Waals surface area contributed by atoms with E-state index in [1.165, 1.54) is 112 Å². The largest absolute Gasteiger partial charge is 0.374 e. The highest BCUT2D eigenvalue weighted by Crippen LogP contribution is 2.39. The van der Waals surface area contributed by atoms with Gasteiger partial charge in [0.15, 0.2) is 11.9 Å². The van der Waals surface area contributed by atoms with Crippen molar-refractivity contribution < 1.29 is 19.3 Å². The fourth-order valence-corrected chi connectivity index (χ4v) is 11.7. The molecule has 0 amide bonds. The molecule has 8 heteroatoms. The Hall–Kier alpha value is -4.31. The van der Waals surface area contributed by atoms with E-state index in [1.54, 1.807) is 4.90 Å². The van der Waals surface area contributed by atoms with Crippen LogP contribution in [0.25, 0.3) is 22.4 Å². The van der Waals surface area contributed by atoms with Crippen LogP contribution >= 0.6 is 21.6 Å². The van der Waals surface area contributed by atoms with E-state index in [0.29, 0.717) is 0 Å². The van der Waals surface area contributed by atoms with Crippen LogP contribution in [0.2, 0.25) is 0 Å². The number of pyridine rings is 1. The van der Waals surface area contributed by atoms with E-state index in [-0.39, 0.29) is 10.8 Å². The van der Waals surface area contributed by atoms with Gasteiger partial charge in [0.25, 0.3) is 0 Å². The Bertz CT molecular complexity index is 2350. The molecule has 1 unspecified atom stereocenters. The van der Waals surface area contributed by atoms with Crippen molar-refractivity contribution in [2.45, 2.75) is 57.8 Å². The molecule has 7 rings (SSSR count). The van der Waals surface area contributed by atoms with Gasteiger partial charge in [-0.05, 0) is 84.4 Å². The first-order chi connectivity index (χ1) is 30.2. The standard InChI is InChI=1S/C55H72N6S2/c1-54(2)31-28-45(29-32-56-51-18-12-10-16-49(51)54)43-20-24-47(25-21-43)58(6)34-14-33-57(5)37-40-62-63-41-39-61(8,9)38-15-35-59(7)48-26-22-44(23-27-48)46-30-36-60-52-19-13-11-17-50(52)55(3,4)53(60)42-46/h10-13,16-30,32,36,42,56H,14-15,31,33-35,37-41H2,1-9H3/q+2/p+2/b32-29-,45-28+. The van der Waals surface area contributed by atoms with Crippen molar-refractivity contribution in [3.05, 3.63) is 156 Å². The number of anilines is 2. The molecule has 0 aliphatic carbocycles. The number of para-hydroxylation sites is 2. The summed E-state index contributed by atoms with van der Waals surface area (Å²) in [6.45, 7) is 16.3. The number of fused-ring (bicyclic) bond motifs is 4. The second kappa shape index (κ2) is 20.7. The first-order valence-corrected chi connectivity index (χ1v) is 25.7. The zero-order valence-electron chi connectivity index (χ0n) is 39.7. The monoisotopic (exact) mass is 883 g/mol. The Kier molecular flexibility index (Phi) is 15.3. The average molecular weight is 883 g/mol. The number of nitrogens with zero attached hydrogens (tertiary/aromatic N) is 4. The number of hydrogen-bond acceptors (Lipinski definition) is 4. The SMILES string of the molecule is CN(CCC[NH+](C)CCSSCC[N+](C)(C)CCCN(C)c1ccc(-c2cc[n+]3c(c2)C(C)(C)c2ccccc2-3)cc1)c1ccc(C2=C/CC(C)(C)c3ccccc3[NH2+]/C=C\2)cc1. The lowest BCUT2D eigenvalue weighted by Crippen LogP contribution is -3.09. The number of quaternary nitrogens is 3. The zero-order valence-corrected chi connectivity index (χ0v) is 41.3. The molecule has 63 heavy (non-hydrogen) atoms. The Balaban J connectivity index is 0.753. The fourth-order valence-electron chi connectivity index (χ4n) is 9.28. The zero-order chi connectivity index (χ0) is 44.6. The summed E-state index contributed by atoms with van der Waals surface area (Å²) in [4.78, 5) is 6.45. The summed E-state index contributed by atoms with van der Waals surface area (Å²) in [6, 6.07) is 40.6. The molecule has 0 radical (unpaired) electrons. The average Bonchev–Trinajstić information content (AvgIpc) is 3.54. The smallest absolute Gasteiger partial charge is 0.215 e. The molecule has 0 spiro atoms. The molecule has 0 bridgehead atoms. The van der Waals surface area contributed by atoms with Gasteiger partial charge in [-0.2, -0.15) is 4.57 Å². The molecular formula is C55H74N6S2+4. The van der Waals surface area contributed by atoms with Crippen LogP contribution in [0, 0.1) is 0 Å². The van der Waals surface area contributed by atoms with E-state index in [4.69, 9.17) is 0 Å². The van der Waals surface area contributed by atoms with E-state index in [9.17, 15) is 0 Å². The number of allylic oxidation sites excluding steroid dienone is 3.